The van der Waals surface area contributed by atoms with Crippen molar-refractivity contribution in [2.24, 2.45) is 5.92 Å². The first kappa shape index (κ1) is 23.5. The molecule has 7 nitrogen and oxygen atoms in total. The Morgan fingerprint density at radius 2 is 1.53 bits per heavy atom. The third-order valence-corrected chi connectivity index (χ3v) is 7.95. The summed E-state index contributed by atoms with van der Waals surface area (Å²) in [7, 11) is -3.66. The van der Waals surface area contributed by atoms with Gasteiger partial charge >= 0.3 is 0 Å². The van der Waals surface area contributed by atoms with E-state index in [1.54, 1.807) is 12.1 Å². The first-order chi connectivity index (χ1) is 15.3. The minimum atomic E-state index is -3.66. The van der Waals surface area contributed by atoms with Crippen LogP contribution in [-0.2, 0) is 14.8 Å². The molecule has 0 bridgehead atoms. The quantitative estimate of drug-likeness (QED) is 0.670. The molecule has 1 saturated heterocycles. The van der Waals surface area contributed by atoms with Crippen molar-refractivity contribution < 1.29 is 13.2 Å². The van der Waals surface area contributed by atoms with Crippen molar-refractivity contribution in [1.29, 1.82) is 10.5 Å². The van der Waals surface area contributed by atoms with E-state index in [0.29, 0.717) is 30.5 Å². The zero-order valence-electron chi connectivity index (χ0n) is 18.2. The van der Waals surface area contributed by atoms with Crippen LogP contribution in [0.2, 0.25) is 0 Å². The molecule has 1 amide bonds. The highest BCUT2D eigenvalue weighted by Gasteiger charge is 2.34. The standard InChI is InChI=1S/C24H26N4O3S/c1-3-28(18(2)21-8-4-19(16-25)5-9-21)24(29)22-12-14-27(15-13-22)32(30,31)23-10-6-20(17-26)7-11-23/h4-11,18,22H,3,12-15H2,1-2H3. The maximum absolute atomic E-state index is 13.2. The number of benzene rings is 2. The molecule has 0 aliphatic carbocycles. The number of hydrogen-bond donors (Lipinski definition) is 0. The van der Waals surface area contributed by atoms with Gasteiger partial charge in [-0.3, -0.25) is 4.79 Å². The van der Waals surface area contributed by atoms with Crippen molar-refractivity contribution in [2.75, 3.05) is 19.6 Å². The van der Waals surface area contributed by atoms with Crippen molar-refractivity contribution in [1.82, 2.24) is 9.21 Å². The molecule has 1 atom stereocenters. The van der Waals surface area contributed by atoms with Crippen LogP contribution in [0.1, 0.15) is 49.4 Å². The average Bonchev–Trinajstić information content (AvgIpc) is 2.84. The summed E-state index contributed by atoms with van der Waals surface area (Å²) in [5, 5.41) is 17.9. The molecule has 1 unspecified atom stereocenters. The van der Waals surface area contributed by atoms with E-state index < -0.39 is 10.0 Å². The minimum Gasteiger partial charge on any atom is -0.336 e. The molecule has 0 saturated carbocycles. The summed E-state index contributed by atoms with van der Waals surface area (Å²) in [6.07, 6.45) is 0.926. The molecule has 1 fully saturated rings. The molecule has 1 aliphatic rings. The van der Waals surface area contributed by atoms with E-state index in [1.165, 1.54) is 28.6 Å². The summed E-state index contributed by atoms with van der Waals surface area (Å²) < 4.78 is 27.3. The average molecular weight is 451 g/mol. The van der Waals surface area contributed by atoms with Crippen molar-refractivity contribution in [2.45, 2.75) is 37.6 Å². The molecule has 8 heteroatoms. The van der Waals surface area contributed by atoms with Gasteiger partial charge in [0.25, 0.3) is 0 Å². The van der Waals surface area contributed by atoms with Gasteiger partial charge in [-0.25, -0.2) is 8.42 Å². The largest absolute Gasteiger partial charge is 0.336 e. The van der Waals surface area contributed by atoms with Gasteiger partial charge in [-0.15, -0.1) is 0 Å². The van der Waals surface area contributed by atoms with Crippen molar-refractivity contribution in [3.05, 3.63) is 65.2 Å². The molecule has 0 N–H and O–H groups in total. The van der Waals surface area contributed by atoms with E-state index >= 15 is 0 Å². The van der Waals surface area contributed by atoms with Crippen molar-refractivity contribution in [3.8, 4) is 12.1 Å². The van der Waals surface area contributed by atoms with Crippen LogP contribution in [-0.4, -0.2) is 43.2 Å². The van der Waals surface area contributed by atoms with Crippen LogP contribution >= 0.6 is 0 Å². The molecule has 2 aromatic rings. The van der Waals surface area contributed by atoms with Gasteiger partial charge in [-0.1, -0.05) is 12.1 Å². The molecule has 0 radical (unpaired) electrons. The maximum Gasteiger partial charge on any atom is 0.243 e. The summed E-state index contributed by atoms with van der Waals surface area (Å²) in [5.41, 5.74) is 1.94. The van der Waals surface area contributed by atoms with Gasteiger partial charge in [0.1, 0.15) is 0 Å². The number of amides is 1. The van der Waals surface area contributed by atoms with E-state index in [4.69, 9.17) is 10.5 Å². The zero-order chi connectivity index (χ0) is 23.3. The molecule has 0 spiro atoms. The first-order valence-corrected chi connectivity index (χ1v) is 12.1. The van der Waals surface area contributed by atoms with Gasteiger partial charge in [0, 0.05) is 25.6 Å². The summed E-state index contributed by atoms with van der Waals surface area (Å²) in [6.45, 7) is 5.00. The molecular weight excluding hydrogens is 424 g/mol. The second-order valence-electron chi connectivity index (χ2n) is 7.85. The minimum absolute atomic E-state index is 0.0276. The predicted molar refractivity (Wildman–Crippen MR) is 120 cm³/mol. The van der Waals surface area contributed by atoms with Gasteiger partial charge in [0.05, 0.1) is 34.2 Å². The lowest BCUT2D eigenvalue weighted by Gasteiger charge is -2.36. The monoisotopic (exact) mass is 450 g/mol. The van der Waals surface area contributed by atoms with Crippen LogP contribution in [0, 0.1) is 28.6 Å². The molecule has 166 valence electrons. The fraction of sp³-hybridized carbons (Fsp3) is 0.375. The predicted octanol–water partition coefficient (Wildman–Crippen LogP) is 3.44. The first-order valence-electron chi connectivity index (χ1n) is 10.6. The number of carbonyl (C=O) groups is 1. The lowest BCUT2D eigenvalue weighted by Crippen LogP contribution is -2.45. The lowest BCUT2D eigenvalue weighted by atomic mass is 9.95. The highest BCUT2D eigenvalue weighted by atomic mass is 32.2. The van der Waals surface area contributed by atoms with Crippen LogP contribution < -0.4 is 0 Å². The Kier molecular flexibility index (Phi) is 7.29. The van der Waals surface area contributed by atoms with Crippen LogP contribution in [0.4, 0.5) is 0 Å². The Hall–Kier alpha value is -3.20. The Morgan fingerprint density at radius 1 is 1.03 bits per heavy atom. The Bertz CT molecular complexity index is 1140. The topological polar surface area (TPSA) is 105 Å². The Labute approximate surface area is 189 Å². The van der Waals surface area contributed by atoms with E-state index in [2.05, 4.69) is 6.07 Å². The van der Waals surface area contributed by atoms with Gasteiger partial charge in [-0.05, 0) is 68.7 Å². The van der Waals surface area contributed by atoms with Gasteiger partial charge in [-0.2, -0.15) is 14.8 Å². The zero-order valence-corrected chi connectivity index (χ0v) is 19.0. The van der Waals surface area contributed by atoms with Gasteiger partial charge in [0.2, 0.25) is 15.9 Å². The Balaban J connectivity index is 1.66. The summed E-state index contributed by atoms with van der Waals surface area (Å²) in [5.74, 6) is -0.206. The number of nitriles is 2. The lowest BCUT2D eigenvalue weighted by molar-refractivity contribution is -0.138. The second kappa shape index (κ2) is 9.95. The number of rotatable bonds is 6. The molecule has 32 heavy (non-hydrogen) atoms. The number of carbonyl (C=O) groups excluding carboxylic acids is 1. The number of sulfonamides is 1. The van der Waals surface area contributed by atoms with Crippen LogP contribution in [0.15, 0.2) is 53.4 Å². The molecule has 1 aliphatic heterocycles. The molecule has 2 aromatic carbocycles. The Morgan fingerprint density at radius 3 is 2.00 bits per heavy atom. The summed E-state index contributed by atoms with van der Waals surface area (Å²) >= 11 is 0. The molecule has 3 rings (SSSR count). The third-order valence-electron chi connectivity index (χ3n) is 6.04. The van der Waals surface area contributed by atoms with E-state index in [9.17, 15) is 13.2 Å². The van der Waals surface area contributed by atoms with Gasteiger partial charge < -0.3 is 4.90 Å². The van der Waals surface area contributed by atoms with E-state index in [1.807, 2.05) is 36.9 Å². The summed E-state index contributed by atoms with van der Waals surface area (Å²) in [4.78, 5) is 15.2. The van der Waals surface area contributed by atoms with Crippen molar-refractivity contribution >= 4 is 15.9 Å². The highest BCUT2D eigenvalue weighted by Crippen LogP contribution is 2.28. The smallest absolute Gasteiger partial charge is 0.243 e. The fourth-order valence-electron chi connectivity index (χ4n) is 4.06. The molecular formula is C24H26N4O3S. The number of nitrogens with zero attached hydrogens (tertiary/aromatic N) is 4. The highest BCUT2D eigenvalue weighted by molar-refractivity contribution is 7.89. The third kappa shape index (κ3) is 4.83. The van der Waals surface area contributed by atoms with E-state index in [-0.39, 0.29) is 35.9 Å². The van der Waals surface area contributed by atoms with Gasteiger partial charge in [0.15, 0.2) is 0 Å². The maximum atomic E-state index is 13.2. The molecule has 0 aromatic heterocycles. The van der Waals surface area contributed by atoms with Crippen LogP contribution in [0.3, 0.4) is 0 Å². The second-order valence-corrected chi connectivity index (χ2v) is 9.79. The number of hydrogen-bond acceptors (Lipinski definition) is 5. The SMILES string of the molecule is CCN(C(=O)C1CCN(S(=O)(=O)c2ccc(C#N)cc2)CC1)C(C)c1ccc(C#N)cc1. The number of piperidine rings is 1. The van der Waals surface area contributed by atoms with Crippen LogP contribution in [0.5, 0.6) is 0 Å². The van der Waals surface area contributed by atoms with Crippen molar-refractivity contribution in [3.63, 3.8) is 0 Å². The molecule has 1 heterocycles. The normalized spacial score (nSPS) is 16.0. The summed E-state index contributed by atoms with van der Waals surface area (Å²) in [6, 6.07) is 17.0. The van der Waals surface area contributed by atoms with E-state index in [0.717, 1.165) is 5.56 Å². The van der Waals surface area contributed by atoms with Crippen LogP contribution in [0.25, 0.3) is 0 Å². The fourth-order valence-corrected chi connectivity index (χ4v) is 5.53.